The summed E-state index contributed by atoms with van der Waals surface area (Å²) >= 11 is 0. The molecule has 19 heavy (non-hydrogen) atoms. The highest BCUT2D eigenvalue weighted by molar-refractivity contribution is 5.41. The summed E-state index contributed by atoms with van der Waals surface area (Å²) in [6.07, 6.45) is -4.41. The highest BCUT2D eigenvalue weighted by atomic mass is 19.4. The second-order valence-electron chi connectivity index (χ2n) is 4.22. The maximum absolute atomic E-state index is 13.0. The minimum absolute atomic E-state index is 0.118. The van der Waals surface area contributed by atoms with Crippen molar-refractivity contribution in [2.75, 3.05) is 0 Å². The van der Waals surface area contributed by atoms with Gasteiger partial charge in [-0.25, -0.2) is 0 Å². The number of hydrogen-bond acceptors (Lipinski definition) is 1. The zero-order valence-corrected chi connectivity index (χ0v) is 10.4. The quantitative estimate of drug-likeness (QED) is 0.789. The maximum Gasteiger partial charge on any atom is 0.420 e. The van der Waals surface area contributed by atoms with Crippen molar-refractivity contribution < 1.29 is 17.9 Å². The molecule has 2 aromatic carbocycles. The van der Waals surface area contributed by atoms with E-state index in [1.165, 1.54) is 19.1 Å². The number of ether oxygens (including phenoxy) is 1. The van der Waals surface area contributed by atoms with E-state index in [0.29, 0.717) is 0 Å². The smallest absolute Gasteiger partial charge is 0.420 e. The van der Waals surface area contributed by atoms with Gasteiger partial charge in [0.05, 0.1) is 0 Å². The molecule has 0 aliphatic heterocycles. The van der Waals surface area contributed by atoms with Crippen LogP contribution in [0.25, 0.3) is 0 Å². The lowest BCUT2D eigenvalue weighted by Gasteiger charge is -2.16. The first kappa shape index (κ1) is 13.5. The van der Waals surface area contributed by atoms with Crippen LogP contribution in [0, 0.1) is 6.92 Å². The van der Waals surface area contributed by atoms with Gasteiger partial charge < -0.3 is 4.74 Å². The van der Waals surface area contributed by atoms with Gasteiger partial charge in [0.1, 0.15) is 17.9 Å². The van der Waals surface area contributed by atoms with E-state index in [9.17, 15) is 13.2 Å². The van der Waals surface area contributed by atoms with Crippen LogP contribution in [0.5, 0.6) is 5.75 Å². The summed E-state index contributed by atoms with van der Waals surface area (Å²) < 4.78 is 44.2. The second kappa shape index (κ2) is 5.34. The molecule has 1 nitrogen and oxygen atoms in total. The molecular weight excluding hydrogens is 253 g/mol. The average Bonchev–Trinajstić information content (AvgIpc) is 2.36. The van der Waals surface area contributed by atoms with Crippen LogP contribution in [-0.4, -0.2) is 0 Å². The van der Waals surface area contributed by atoms with Crippen molar-refractivity contribution in [1.29, 1.82) is 0 Å². The van der Waals surface area contributed by atoms with Gasteiger partial charge in [-0.05, 0) is 24.1 Å². The van der Waals surface area contributed by atoms with Crippen LogP contribution < -0.4 is 4.74 Å². The molecule has 0 saturated heterocycles. The van der Waals surface area contributed by atoms with Crippen LogP contribution in [0.3, 0.4) is 0 Å². The Labute approximate surface area is 109 Å². The normalized spacial score (nSPS) is 11.4. The molecule has 100 valence electrons. The van der Waals surface area contributed by atoms with E-state index in [2.05, 4.69) is 0 Å². The fourth-order valence-corrected chi connectivity index (χ4v) is 1.86. The highest BCUT2D eigenvalue weighted by Crippen LogP contribution is 2.38. The number of benzene rings is 2. The summed E-state index contributed by atoms with van der Waals surface area (Å²) in [6.45, 7) is 1.55. The summed E-state index contributed by atoms with van der Waals surface area (Å²) in [5, 5.41) is 0. The molecule has 0 saturated carbocycles. The summed E-state index contributed by atoms with van der Waals surface area (Å²) in [5.74, 6) is -0.128. The fraction of sp³-hybridized carbons (Fsp3) is 0.200. The van der Waals surface area contributed by atoms with Gasteiger partial charge in [-0.15, -0.1) is 0 Å². The molecule has 0 radical (unpaired) electrons. The number of aryl methyl sites for hydroxylation is 1. The zero-order chi connectivity index (χ0) is 13.9. The Hall–Kier alpha value is -1.97. The first-order chi connectivity index (χ1) is 8.98. The van der Waals surface area contributed by atoms with Crippen LogP contribution in [0.2, 0.25) is 0 Å². The highest BCUT2D eigenvalue weighted by Gasteiger charge is 2.36. The summed E-state index contributed by atoms with van der Waals surface area (Å²) in [7, 11) is 0. The van der Waals surface area contributed by atoms with Gasteiger partial charge in [-0.3, -0.25) is 0 Å². The molecule has 2 aromatic rings. The van der Waals surface area contributed by atoms with Crippen molar-refractivity contribution in [1.82, 2.24) is 0 Å². The average molecular weight is 266 g/mol. The van der Waals surface area contributed by atoms with E-state index in [4.69, 9.17) is 4.74 Å². The molecule has 0 heterocycles. The van der Waals surface area contributed by atoms with Crippen molar-refractivity contribution >= 4 is 0 Å². The van der Waals surface area contributed by atoms with Crippen molar-refractivity contribution in [3.63, 3.8) is 0 Å². The minimum atomic E-state index is -4.41. The topological polar surface area (TPSA) is 9.23 Å². The van der Waals surface area contributed by atoms with Crippen LogP contribution in [0.15, 0.2) is 48.5 Å². The van der Waals surface area contributed by atoms with Crippen molar-refractivity contribution in [2.24, 2.45) is 0 Å². The fourth-order valence-electron chi connectivity index (χ4n) is 1.86. The minimum Gasteiger partial charge on any atom is -0.488 e. The molecule has 0 unspecified atom stereocenters. The Kier molecular flexibility index (Phi) is 3.79. The molecular formula is C15H13F3O. The van der Waals surface area contributed by atoms with E-state index in [1.54, 1.807) is 6.07 Å². The van der Waals surface area contributed by atoms with Gasteiger partial charge in [0, 0.05) is 0 Å². The standard InChI is InChI=1S/C15H13F3O/c1-11-6-5-9-13(14(11)15(16,17)18)19-10-12-7-3-2-4-8-12/h2-9H,10H2,1H3. The summed E-state index contributed by atoms with van der Waals surface area (Å²) in [6, 6.07) is 13.4. The number of halogens is 3. The number of rotatable bonds is 3. The lowest BCUT2D eigenvalue weighted by atomic mass is 10.1. The monoisotopic (exact) mass is 266 g/mol. The Bertz CT molecular complexity index is 547. The van der Waals surface area contributed by atoms with E-state index < -0.39 is 11.7 Å². The first-order valence-corrected chi connectivity index (χ1v) is 5.82. The van der Waals surface area contributed by atoms with Gasteiger partial charge in [0.2, 0.25) is 0 Å². The molecule has 4 heteroatoms. The van der Waals surface area contributed by atoms with Crippen molar-refractivity contribution in [2.45, 2.75) is 19.7 Å². The van der Waals surface area contributed by atoms with Gasteiger partial charge in [0.25, 0.3) is 0 Å². The Morgan fingerprint density at radius 1 is 0.947 bits per heavy atom. The molecule has 0 N–H and O–H groups in total. The Balaban J connectivity index is 2.24. The molecule has 0 fully saturated rings. The van der Waals surface area contributed by atoms with Gasteiger partial charge >= 0.3 is 6.18 Å². The molecule has 2 rings (SSSR count). The molecule has 0 spiro atoms. The SMILES string of the molecule is Cc1cccc(OCc2ccccc2)c1C(F)(F)F. The largest absolute Gasteiger partial charge is 0.488 e. The van der Waals surface area contributed by atoms with Crippen molar-refractivity contribution in [3.8, 4) is 5.75 Å². The van der Waals surface area contributed by atoms with Crippen LogP contribution in [0.4, 0.5) is 13.2 Å². The Morgan fingerprint density at radius 3 is 2.26 bits per heavy atom. The predicted molar refractivity (Wildman–Crippen MR) is 67.0 cm³/mol. The third kappa shape index (κ3) is 3.28. The summed E-state index contributed by atoms with van der Waals surface area (Å²) in [4.78, 5) is 0. The lowest BCUT2D eigenvalue weighted by molar-refractivity contribution is -0.139. The van der Waals surface area contributed by atoms with E-state index in [-0.39, 0.29) is 17.9 Å². The molecule has 0 bridgehead atoms. The third-order valence-corrected chi connectivity index (χ3v) is 2.76. The van der Waals surface area contributed by atoms with E-state index >= 15 is 0 Å². The summed E-state index contributed by atoms with van der Waals surface area (Å²) in [5.41, 5.74) is 0.293. The van der Waals surface area contributed by atoms with Gasteiger partial charge in [0.15, 0.2) is 0 Å². The van der Waals surface area contributed by atoms with Crippen molar-refractivity contribution in [3.05, 3.63) is 65.2 Å². The van der Waals surface area contributed by atoms with E-state index in [1.807, 2.05) is 30.3 Å². The molecule has 0 aromatic heterocycles. The first-order valence-electron chi connectivity index (χ1n) is 5.82. The molecule has 0 aliphatic carbocycles. The number of alkyl halides is 3. The van der Waals surface area contributed by atoms with Crippen LogP contribution in [0.1, 0.15) is 16.7 Å². The van der Waals surface area contributed by atoms with Crippen LogP contribution in [-0.2, 0) is 12.8 Å². The van der Waals surface area contributed by atoms with E-state index in [0.717, 1.165) is 5.56 Å². The zero-order valence-electron chi connectivity index (χ0n) is 10.4. The third-order valence-electron chi connectivity index (χ3n) is 2.76. The lowest BCUT2D eigenvalue weighted by Crippen LogP contribution is -2.10. The van der Waals surface area contributed by atoms with Gasteiger partial charge in [-0.2, -0.15) is 13.2 Å². The predicted octanol–water partition coefficient (Wildman–Crippen LogP) is 4.59. The molecule has 0 atom stereocenters. The number of hydrogen-bond donors (Lipinski definition) is 0. The van der Waals surface area contributed by atoms with Crippen LogP contribution >= 0.6 is 0 Å². The molecule has 0 amide bonds. The van der Waals surface area contributed by atoms with Gasteiger partial charge in [-0.1, -0.05) is 42.5 Å². The second-order valence-corrected chi connectivity index (χ2v) is 4.22. The Morgan fingerprint density at radius 2 is 1.63 bits per heavy atom. The maximum atomic E-state index is 13.0. The molecule has 0 aliphatic rings.